The second-order valence-corrected chi connectivity index (χ2v) is 8.94. The van der Waals surface area contributed by atoms with E-state index < -0.39 is 0 Å². The Hall–Kier alpha value is -3.16. The largest absolute Gasteiger partial charge is 0.368 e. The van der Waals surface area contributed by atoms with Crippen LogP contribution in [0.5, 0.6) is 0 Å². The number of pyridine rings is 1. The molecule has 0 saturated carbocycles. The van der Waals surface area contributed by atoms with Gasteiger partial charge in [0.05, 0.1) is 30.7 Å². The summed E-state index contributed by atoms with van der Waals surface area (Å²) >= 11 is 1.48. The van der Waals surface area contributed by atoms with Gasteiger partial charge in [-0.25, -0.2) is 0 Å². The minimum Gasteiger partial charge on any atom is -0.368 e. The molecule has 1 aromatic heterocycles. The van der Waals surface area contributed by atoms with Crippen LogP contribution in [0.4, 0.5) is 0 Å². The smallest absolute Gasteiger partial charge is 0.242 e. The van der Waals surface area contributed by atoms with Crippen molar-refractivity contribution in [2.45, 2.75) is 24.2 Å². The number of carbonyl (C=O) groups is 2. The molecule has 170 valence electrons. The number of ether oxygens (including phenoxy) is 1. The quantitative estimate of drug-likeness (QED) is 0.480. The van der Waals surface area contributed by atoms with E-state index in [4.69, 9.17) is 4.74 Å². The summed E-state index contributed by atoms with van der Waals surface area (Å²) in [6.45, 7) is 1.68. The summed E-state index contributed by atoms with van der Waals surface area (Å²) in [4.78, 5) is 34.9. The van der Waals surface area contributed by atoms with Crippen LogP contribution in [0.3, 0.4) is 0 Å². The number of thioether (sulfide) groups is 1. The van der Waals surface area contributed by atoms with E-state index in [9.17, 15) is 9.59 Å². The molecule has 1 unspecified atom stereocenters. The third kappa shape index (κ3) is 6.91. The summed E-state index contributed by atoms with van der Waals surface area (Å²) in [6.07, 6.45) is 1.43. The molecule has 33 heavy (non-hydrogen) atoms. The van der Waals surface area contributed by atoms with E-state index in [0.29, 0.717) is 26.2 Å². The van der Waals surface area contributed by atoms with Gasteiger partial charge in [-0.1, -0.05) is 54.6 Å². The van der Waals surface area contributed by atoms with E-state index in [1.165, 1.54) is 11.8 Å². The summed E-state index contributed by atoms with van der Waals surface area (Å²) < 4.78 is 6.15. The number of carbonyl (C=O) groups excluding carboxylic acids is 2. The molecule has 1 aliphatic rings. The fraction of sp³-hybridized carbons (Fsp3) is 0.269. The fourth-order valence-electron chi connectivity index (χ4n) is 3.67. The van der Waals surface area contributed by atoms with Gasteiger partial charge in [-0.15, -0.1) is 11.8 Å². The molecule has 3 aromatic rings. The first-order chi connectivity index (χ1) is 16.2. The van der Waals surface area contributed by atoms with Crippen LogP contribution in [0.25, 0.3) is 0 Å². The molecular formula is C26H27N3O3S. The van der Waals surface area contributed by atoms with E-state index in [0.717, 1.165) is 16.2 Å². The van der Waals surface area contributed by atoms with Gasteiger partial charge in [0.15, 0.2) is 0 Å². The lowest BCUT2D eigenvalue weighted by Gasteiger charge is -2.25. The van der Waals surface area contributed by atoms with Crippen molar-refractivity contribution in [2.24, 2.45) is 0 Å². The standard InChI is InChI=1S/C26H27N3O3S/c30-25-18-29(26(31)20-33-24-12-5-2-6-13-24)17-23(32-19-22-11-7-8-14-27-22)16-28(25)15-21-9-3-1-4-10-21/h1-14,23H,15-20H2. The lowest BCUT2D eigenvalue weighted by Crippen LogP contribution is -2.40. The third-order valence-corrected chi connectivity index (χ3v) is 6.39. The molecule has 0 N–H and O–H groups in total. The van der Waals surface area contributed by atoms with Crippen molar-refractivity contribution in [1.82, 2.24) is 14.8 Å². The Morgan fingerprint density at radius 3 is 2.42 bits per heavy atom. The van der Waals surface area contributed by atoms with Crippen molar-refractivity contribution in [1.29, 1.82) is 0 Å². The Balaban J connectivity index is 1.45. The predicted octanol–water partition coefficient (Wildman–Crippen LogP) is 3.63. The number of nitrogens with zero attached hydrogens (tertiary/aromatic N) is 3. The van der Waals surface area contributed by atoms with Gasteiger partial charge in [0.2, 0.25) is 11.8 Å². The Kier molecular flexibility index (Phi) is 8.11. The molecule has 4 rings (SSSR count). The Labute approximate surface area is 198 Å². The van der Waals surface area contributed by atoms with Crippen LogP contribution < -0.4 is 0 Å². The van der Waals surface area contributed by atoms with E-state index in [1.807, 2.05) is 78.9 Å². The fourth-order valence-corrected chi connectivity index (χ4v) is 4.49. The number of aromatic nitrogens is 1. The van der Waals surface area contributed by atoms with E-state index >= 15 is 0 Å². The van der Waals surface area contributed by atoms with Gasteiger partial charge >= 0.3 is 0 Å². The van der Waals surface area contributed by atoms with E-state index in [1.54, 1.807) is 16.0 Å². The van der Waals surface area contributed by atoms with Crippen LogP contribution in [0, 0.1) is 0 Å². The van der Waals surface area contributed by atoms with Crippen LogP contribution in [0.1, 0.15) is 11.3 Å². The van der Waals surface area contributed by atoms with Crippen molar-refractivity contribution < 1.29 is 14.3 Å². The zero-order valence-corrected chi connectivity index (χ0v) is 19.2. The first-order valence-electron chi connectivity index (χ1n) is 11.0. The van der Waals surface area contributed by atoms with Crippen LogP contribution >= 0.6 is 11.8 Å². The van der Waals surface area contributed by atoms with Crippen LogP contribution in [-0.4, -0.2) is 58.1 Å². The van der Waals surface area contributed by atoms with Gasteiger partial charge in [-0.3, -0.25) is 14.6 Å². The number of amides is 2. The normalized spacial score (nSPS) is 16.5. The predicted molar refractivity (Wildman–Crippen MR) is 128 cm³/mol. The lowest BCUT2D eigenvalue weighted by molar-refractivity contribution is -0.137. The number of hydrogen-bond acceptors (Lipinski definition) is 5. The first-order valence-corrected chi connectivity index (χ1v) is 11.9. The van der Waals surface area contributed by atoms with Gasteiger partial charge in [0.1, 0.15) is 0 Å². The highest BCUT2D eigenvalue weighted by molar-refractivity contribution is 8.00. The summed E-state index contributed by atoms with van der Waals surface area (Å²) in [7, 11) is 0. The SMILES string of the molecule is O=C(CSc1ccccc1)N1CC(=O)N(Cc2ccccc2)CC(OCc2ccccn2)C1. The lowest BCUT2D eigenvalue weighted by atomic mass is 10.2. The first kappa shape index (κ1) is 23.0. The van der Waals surface area contributed by atoms with Gasteiger partial charge in [-0.05, 0) is 29.8 Å². The molecule has 2 heterocycles. The number of rotatable bonds is 8. The second kappa shape index (κ2) is 11.6. The molecule has 0 aliphatic carbocycles. The zero-order chi connectivity index (χ0) is 22.9. The molecule has 1 saturated heterocycles. The molecule has 0 radical (unpaired) electrons. The summed E-state index contributed by atoms with van der Waals surface area (Å²) in [6, 6.07) is 25.4. The van der Waals surface area contributed by atoms with Crippen molar-refractivity contribution in [3.63, 3.8) is 0 Å². The highest BCUT2D eigenvalue weighted by Gasteiger charge is 2.31. The average Bonchev–Trinajstić information content (AvgIpc) is 3.02. The highest BCUT2D eigenvalue weighted by atomic mass is 32.2. The molecule has 0 bridgehead atoms. The van der Waals surface area contributed by atoms with Gasteiger partial charge < -0.3 is 14.5 Å². The summed E-state index contributed by atoms with van der Waals surface area (Å²) in [5, 5.41) is 0. The highest BCUT2D eigenvalue weighted by Crippen LogP contribution is 2.19. The number of hydrogen-bond donors (Lipinski definition) is 0. The maximum Gasteiger partial charge on any atom is 0.242 e. The minimum atomic E-state index is -0.298. The Bertz CT molecular complexity index is 1030. The van der Waals surface area contributed by atoms with Gasteiger partial charge in [0.25, 0.3) is 0 Å². The summed E-state index contributed by atoms with van der Waals surface area (Å²) in [5.41, 5.74) is 1.87. The maximum atomic E-state index is 13.1. The molecule has 1 aliphatic heterocycles. The van der Waals surface area contributed by atoms with Crippen LogP contribution in [-0.2, 0) is 27.5 Å². The molecular weight excluding hydrogens is 434 g/mol. The second-order valence-electron chi connectivity index (χ2n) is 7.89. The molecule has 1 fully saturated rings. The van der Waals surface area contributed by atoms with Gasteiger partial charge in [-0.2, -0.15) is 0 Å². The Morgan fingerprint density at radius 2 is 1.70 bits per heavy atom. The van der Waals surface area contributed by atoms with Crippen LogP contribution in [0.2, 0.25) is 0 Å². The van der Waals surface area contributed by atoms with E-state index in [2.05, 4.69) is 4.98 Å². The van der Waals surface area contributed by atoms with Gasteiger partial charge in [0, 0.05) is 30.7 Å². The zero-order valence-electron chi connectivity index (χ0n) is 18.4. The van der Waals surface area contributed by atoms with Crippen molar-refractivity contribution in [3.05, 3.63) is 96.3 Å². The maximum absolute atomic E-state index is 13.1. The molecule has 6 nitrogen and oxygen atoms in total. The number of benzene rings is 2. The third-order valence-electron chi connectivity index (χ3n) is 5.39. The van der Waals surface area contributed by atoms with Crippen molar-refractivity contribution >= 4 is 23.6 Å². The Morgan fingerprint density at radius 1 is 0.970 bits per heavy atom. The topological polar surface area (TPSA) is 62.7 Å². The molecule has 2 amide bonds. The molecule has 2 aromatic carbocycles. The molecule has 0 spiro atoms. The average molecular weight is 462 g/mol. The molecule has 1 atom stereocenters. The minimum absolute atomic E-state index is 0.0600. The molecule has 7 heteroatoms. The van der Waals surface area contributed by atoms with Crippen LogP contribution in [0.15, 0.2) is 90.0 Å². The monoisotopic (exact) mass is 461 g/mol. The van der Waals surface area contributed by atoms with E-state index in [-0.39, 0.29) is 30.2 Å². The summed E-state index contributed by atoms with van der Waals surface area (Å²) in [5.74, 6) is 0.147. The van der Waals surface area contributed by atoms with Crippen molar-refractivity contribution in [2.75, 3.05) is 25.4 Å². The van der Waals surface area contributed by atoms with Crippen molar-refractivity contribution in [3.8, 4) is 0 Å².